The molecular formula is C15H19ClN2O4. The summed E-state index contributed by atoms with van der Waals surface area (Å²) >= 11 is 5.78. The number of carboxylic acids is 1. The number of ether oxygens (including phenoxy) is 1. The molecular weight excluding hydrogens is 308 g/mol. The molecule has 7 heteroatoms. The zero-order valence-corrected chi connectivity index (χ0v) is 13.0. The van der Waals surface area contributed by atoms with Crippen LogP contribution in [0.5, 0.6) is 5.75 Å². The van der Waals surface area contributed by atoms with Crippen LogP contribution in [-0.2, 0) is 9.59 Å². The van der Waals surface area contributed by atoms with Crippen molar-refractivity contribution in [3.05, 3.63) is 29.3 Å². The van der Waals surface area contributed by atoms with Crippen LogP contribution in [-0.4, -0.2) is 66.1 Å². The molecule has 2 rings (SSSR count). The highest BCUT2D eigenvalue weighted by Crippen LogP contribution is 2.15. The van der Waals surface area contributed by atoms with Gasteiger partial charge in [-0.3, -0.25) is 14.5 Å². The predicted molar refractivity (Wildman–Crippen MR) is 82.2 cm³/mol. The Morgan fingerprint density at radius 1 is 1.14 bits per heavy atom. The summed E-state index contributed by atoms with van der Waals surface area (Å²) in [5.41, 5.74) is 0. The van der Waals surface area contributed by atoms with E-state index >= 15 is 0 Å². The second kappa shape index (κ2) is 8.00. The lowest BCUT2D eigenvalue weighted by molar-refractivity contribution is -0.138. The van der Waals surface area contributed by atoms with Crippen molar-refractivity contribution in [1.82, 2.24) is 9.80 Å². The molecule has 0 atom stereocenters. The van der Waals surface area contributed by atoms with Crippen molar-refractivity contribution in [3.63, 3.8) is 0 Å². The van der Waals surface area contributed by atoms with Crippen molar-refractivity contribution in [2.75, 3.05) is 39.3 Å². The van der Waals surface area contributed by atoms with E-state index in [-0.39, 0.29) is 18.9 Å². The lowest BCUT2D eigenvalue weighted by Crippen LogP contribution is -2.50. The van der Waals surface area contributed by atoms with Crippen molar-refractivity contribution in [2.24, 2.45) is 0 Å². The summed E-state index contributed by atoms with van der Waals surface area (Å²) in [6, 6.07) is 6.87. The van der Waals surface area contributed by atoms with E-state index in [9.17, 15) is 9.59 Å². The molecule has 0 spiro atoms. The van der Waals surface area contributed by atoms with Gasteiger partial charge in [-0.05, 0) is 24.3 Å². The summed E-state index contributed by atoms with van der Waals surface area (Å²) in [5, 5.41) is 9.29. The van der Waals surface area contributed by atoms with Gasteiger partial charge in [-0.15, -0.1) is 0 Å². The van der Waals surface area contributed by atoms with E-state index in [1.807, 2.05) is 0 Å². The number of carbonyl (C=O) groups is 2. The van der Waals surface area contributed by atoms with Crippen LogP contribution in [0.2, 0.25) is 5.02 Å². The number of benzene rings is 1. The Labute approximate surface area is 134 Å². The van der Waals surface area contributed by atoms with Crippen molar-refractivity contribution < 1.29 is 19.4 Å². The molecule has 1 aromatic rings. The fourth-order valence-electron chi connectivity index (χ4n) is 2.24. The van der Waals surface area contributed by atoms with Crippen molar-refractivity contribution >= 4 is 23.5 Å². The number of amides is 1. The summed E-state index contributed by atoms with van der Waals surface area (Å²) in [7, 11) is 0. The molecule has 1 saturated heterocycles. The topological polar surface area (TPSA) is 70.1 Å². The largest absolute Gasteiger partial charge is 0.484 e. The highest BCUT2D eigenvalue weighted by Gasteiger charge is 2.21. The lowest BCUT2D eigenvalue weighted by atomic mass is 10.3. The number of hydrogen-bond acceptors (Lipinski definition) is 4. The highest BCUT2D eigenvalue weighted by atomic mass is 35.5. The minimum atomic E-state index is -0.796. The lowest BCUT2D eigenvalue weighted by Gasteiger charge is -2.34. The fourth-order valence-corrected chi connectivity index (χ4v) is 2.37. The Hall–Kier alpha value is -1.79. The maximum atomic E-state index is 12.1. The molecule has 1 N–H and O–H groups in total. The standard InChI is InChI=1S/C15H19ClN2O4/c16-12-1-3-13(4-2-12)22-11-14(19)18-9-7-17(8-10-18)6-5-15(20)21/h1-4H,5-11H2,(H,20,21). The summed E-state index contributed by atoms with van der Waals surface area (Å²) in [5.74, 6) is -0.249. The maximum Gasteiger partial charge on any atom is 0.304 e. The van der Waals surface area contributed by atoms with Gasteiger partial charge in [0.25, 0.3) is 5.91 Å². The first-order chi connectivity index (χ1) is 10.5. The molecule has 0 unspecified atom stereocenters. The smallest absolute Gasteiger partial charge is 0.304 e. The zero-order chi connectivity index (χ0) is 15.9. The van der Waals surface area contributed by atoms with Crippen molar-refractivity contribution in [2.45, 2.75) is 6.42 Å². The fraction of sp³-hybridized carbons (Fsp3) is 0.467. The first-order valence-electron chi connectivity index (χ1n) is 7.15. The van der Waals surface area contributed by atoms with E-state index in [2.05, 4.69) is 4.90 Å². The molecule has 0 aromatic heterocycles. The monoisotopic (exact) mass is 326 g/mol. The Bertz CT molecular complexity index is 513. The van der Waals surface area contributed by atoms with E-state index < -0.39 is 5.97 Å². The Balaban J connectivity index is 1.70. The van der Waals surface area contributed by atoms with Gasteiger partial charge in [-0.2, -0.15) is 0 Å². The molecule has 0 aliphatic carbocycles. The third-order valence-corrected chi connectivity index (χ3v) is 3.79. The van der Waals surface area contributed by atoms with Gasteiger partial charge in [-0.1, -0.05) is 11.6 Å². The number of halogens is 1. The number of aliphatic carboxylic acids is 1. The average Bonchev–Trinajstić information content (AvgIpc) is 2.52. The number of hydrogen-bond donors (Lipinski definition) is 1. The second-order valence-corrected chi connectivity index (χ2v) is 5.55. The van der Waals surface area contributed by atoms with Gasteiger partial charge >= 0.3 is 5.97 Å². The van der Waals surface area contributed by atoms with Crippen molar-refractivity contribution in [1.29, 1.82) is 0 Å². The molecule has 1 aliphatic heterocycles. The van der Waals surface area contributed by atoms with Gasteiger partial charge in [0.05, 0.1) is 6.42 Å². The van der Waals surface area contributed by atoms with Gasteiger partial charge < -0.3 is 14.7 Å². The average molecular weight is 327 g/mol. The Kier molecular flexibility index (Phi) is 6.03. The summed E-state index contributed by atoms with van der Waals surface area (Å²) in [6.45, 7) is 3.11. The normalized spacial score (nSPS) is 15.6. The number of piperazine rings is 1. The van der Waals surface area contributed by atoms with Crippen LogP contribution in [0.4, 0.5) is 0 Å². The minimum Gasteiger partial charge on any atom is -0.484 e. The first-order valence-corrected chi connectivity index (χ1v) is 7.52. The molecule has 0 radical (unpaired) electrons. The maximum absolute atomic E-state index is 12.1. The van der Waals surface area contributed by atoms with Crippen LogP contribution in [0.25, 0.3) is 0 Å². The van der Waals surface area contributed by atoms with Crippen LogP contribution in [0.15, 0.2) is 24.3 Å². The number of nitrogens with zero attached hydrogens (tertiary/aromatic N) is 2. The van der Waals surface area contributed by atoms with E-state index in [1.165, 1.54) is 0 Å². The Morgan fingerprint density at radius 3 is 2.36 bits per heavy atom. The van der Waals surface area contributed by atoms with Crippen LogP contribution in [0.3, 0.4) is 0 Å². The first kappa shape index (κ1) is 16.6. The van der Waals surface area contributed by atoms with Crippen molar-refractivity contribution in [3.8, 4) is 5.75 Å². The molecule has 1 aliphatic rings. The molecule has 1 heterocycles. The van der Waals surface area contributed by atoms with E-state index in [1.54, 1.807) is 29.2 Å². The molecule has 0 bridgehead atoms. The van der Waals surface area contributed by atoms with E-state index in [0.29, 0.717) is 43.5 Å². The summed E-state index contributed by atoms with van der Waals surface area (Å²) in [6.07, 6.45) is 0.133. The van der Waals surface area contributed by atoms with Crippen LogP contribution < -0.4 is 4.74 Å². The quantitative estimate of drug-likeness (QED) is 0.854. The molecule has 6 nitrogen and oxygen atoms in total. The van der Waals surface area contributed by atoms with Crippen LogP contribution in [0, 0.1) is 0 Å². The SMILES string of the molecule is O=C(O)CCN1CCN(C(=O)COc2ccc(Cl)cc2)CC1. The number of rotatable bonds is 6. The molecule has 120 valence electrons. The summed E-state index contributed by atoms with van der Waals surface area (Å²) in [4.78, 5) is 26.4. The van der Waals surface area contributed by atoms with Gasteiger partial charge in [0.1, 0.15) is 5.75 Å². The number of carboxylic acid groups (broad SMARTS) is 1. The van der Waals surface area contributed by atoms with Gasteiger partial charge in [0.15, 0.2) is 6.61 Å². The predicted octanol–water partition coefficient (Wildman–Crippen LogP) is 1.34. The van der Waals surface area contributed by atoms with E-state index in [0.717, 1.165) is 0 Å². The van der Waals surface area contributed by atoms with Gasteiger partial charge in [0, 0.05) is 37.7 Å². The zero-order valence-electron chi connectivity index (χ0n) is 12.2. The minimum absolute atomic E-state index is 0.00322. The highest BCUT2D eigenvalue weighted by molar-refractivity contribution is 6.30. The molecule has 1 aromatic carbocycles. The molecule has 0 saturated carbocycles. The molecule has 22 heavy (non-hydrogen) atoms. The second-order valence-electron chi connectivity index (χ2n) is 5.11. The molecule has 1 amide bonds. The third kappa shape index (κ3) is 5.20. The molecule has 1 fully saturated rings. The summed E-state index contributed by atoms with van der Waals surface area (Å²) < 4.78 is 5.44. The van der Waals surface area contributed by atoms with Gasteiger partial charge in [0.2, 0.25) is 0 Å². The third-order valence-electron chi connectivity index (χ3n) is 3.54. The van der Waals surface area contributed by atoms with E-state index in [4.69, 9.17) is 21.4 Å². The Morgan fingerprint density at radius 2 is 1.77 bits per heavy atom. The number of carbonyl (C=O) groups excluding carboxylic acids is 1. The van der Waals surface area contributed by atoms with Crippen LogP contribution in [0.1, 0.15) is 6.42 Å². The van der Waals surface area contributed by atoms with Crippen LogP contribution >= 0.6 is 11.6 Å². The van der Waals surface area contributed by atoms with Gasteiger partial charge in [-0.25, -0.2) is 0 Å².